The number of hydrogen-bond acceptors (Lipinski definition) is 10. The molecule has 0 spiro atoms. The molecule has 16 heteroatoms. The minimum atomic E-state index is -0.885. The van der Waals surface area contributed by atoms with Crippen molar-refractivity contribution < 1.29 is 28.7 Å². The molecule has 0 radical (unpaired) electrons. The molecule has 2 aromatic carbocycles. The maximum atomic E-state index is 13.9. The number of aromatic nitrogens is 4. The van der Waals surface area contributed by atoms with Crippen molar-refractivity contribution >= 4 is 46.7 Å². The van der Waals surface area contributed by atoms with E-state index >= 15 is 0 Å². The molecule has 8 rings (SSSR count). The molecule has 0 aliphatic carbocycles. The van der Waals surface area contributed by atoms with E-state index in [1.54, 1.807) is 32.5 Å². The number of H-pyrrole nitrogens is 2. The number of thiophene rings is 2. The molecule has 2 aliphatic heterocycles. The van der Waals surface area contributed by atoms with Gasteiger partial charge < -0.3 is 39.9 Å². The zero-order chi connectivity index (χ0) is 40.2. The molecule has 0 saturated carbocycles. The van der Waals surface area contributed by atoms with Gasteiger partial charge in [-0.1, -0.05) is 60.7 Å². The lowest BCUT2D eigenvalue weighted by atomic mass is 10.1. The molecule has 14 nitrogen and oxygen atoms in total. The fraction of sp³-hybridized carbons (Fsp3) is 0.286. The van der Waals surface area contributed by atoms with Gasteiger partial charge >= 0.3 is 12.2 Å². The first-order chi connectivity index (χ1) is 28.3. The molecule has 6 heterocycles. The van der Waals surface area contributed by atoms with E-state index in [0.717, 1.165) is 56.6 Å². The highest BCUT2D eigenvalue weighted by Crippen LogP contribution is 2.42. The van der Waals surface area contributed by atoms with Crippen LogP contribution in [0.5, 0.6) is 0 Å². The van der Waals surface area contributed by atoms with Crippen LogP contribution in [0.2, 0.25) is 0 Å². The normalized spacial score (nSPS) is 17.5. The van der Waals surface area contributed by atoms with Crippen LogP contribution in [0.4, 0.5) is 9.59 Å². The number of nitrogens with one attached hydrogen (secondary N) is 4. The number of methoxy groups -OCH3 is 2. The van der Waals surface area contributed by atoms with Crippen molar-refractivity contribution in [3.05, 3.63) is 120 Å². The Bertz CT molecular complexity index is 2220. The summed E-state index contributed by atoms with van der Waals surface area (Å²) in [4.78, 5) is 76.5. The van der Waals surface area contributed by atoms with E-state index in [2.05, 4.69) is 44.9 Å². The SMILES string of the molecule is COC(=O)N[C@@H](C(=O)N1CCC[C@H]1c1ncc(-c2ccc(-c3ccc(-c4cnc([C@@H]5CCCN5C(=O)[C@H](NC(=O)OC)c5ccccc5)[nH]4)s3)s2)[nH]1)c1ccccc1. The first kappa shape index (κ1) is 38.6. The Hall–Kier alpha value is -6.26. The molecule has 6 aromatic rings. The number of nitrogens with zero attached hydrogens (tertiary/aromatic N) is 4. The number of carbonyl (C=O) groups excluding carboxylic acids is 4. The molecular weight excluding hydrogens is 777 g/mol. The summed E-state index contributed by atoms with van der Waals surface area (Å²) in [5.41, 5.74) is 3.07. The number of hydrogen-bond donors (Lipinski definition) is 4. The van der Waals surface area contributed by atoms with Crippen LogP contribution in [0.1, 0.15) is 72.6 Å². The van der Waals surface area contributed by atoms with Gasteiger partial charge in [0.15, 0.2) is 0 Å². The largest absolute Gasteiger partial charge is 0.453 e. The van der Waals surface area contributed by atoms with E-state index in [4.69, 9.17) is 19.4 Å². The van der Waals surface area contributed by atoms with Crippen LogP contribution in [0.15, 0.2) is 97.3 Å². The number of carbonyl (C=O) groups is 4. The Labute approximate surface area is 342 Å². The molecule has 298 valence electrons. The first-order valence-electron chi connectivity index (χ1n) is 19.0. The molecular formula is C42H42N8O6S2. The van der Waals surface area contributed by atoms with Crippen molar-refractivity contribution in [2.24, 2.45) is 0 Å². The van der Waals surface area contributed by atoms with Crippen molar-refractivity contribution in [1.29, 1.82) is 0 Å². The lowest BCUT2D eigenvalue weighted by Crippen LogP contribution is -2.42. The zero-order valence-electron chi connectivity index (χ0n) is 31.8. The smallest absolute Gasteiger partial charge is 0.407 e. The predicted octanol–water partition coefficient (Wildman–Crippen LogP) is 7.78. The molecule has 0 bridgehead atoms. The third kappa shape index (κ3) is 7.97. The Morgan fingerprint density at radius 2 is 1.02 bits per heavy atom. The zero-order valence-corrected chi connectivity index (χ0v) is 33.5. The van der Waals surface area contributed by atoms with Crippen molar-refractivity contribution in [1.82, 2.24) is 40.4 Å². The van der Waals surface area contributed by atoms with Gasteiger partial charge in [0.05, 0.1) is 59.8 Å². The van der Waals surface area contributed by atoms with Crippen LogP contribution < -0.4 is 10.6 Å². The average Bonchev–Trinajstić information content (AvgIpc) is 4.11. The van der Waals surface area contributed by atoms with Crippen molar-refractivity contribution in [2.45, 2.75) is 49.9 Å². The third-order valence-corrected chi connectivity index (χ3v) is 13.0. The lowest BCUT2D eigenvalue weighted by molar-refractivity contribution is -0.135. The Morgan fingerprint density at radius 1 is 0.621 bits per heavy atom. The molecule has 2 aliphatic rings. The number of rotatable bonds is 11. The van der Waals surface area contributed by atoms with Crippen molar-refractivity contribution in [2.75, 3.05) is 27.3 Å². The van der Waals surface area contributed by atoms with Crippen LogP contribution in [0.3, 0.4) is 0 Å². The van der Waals surface area contributed by atoms with Gasteiger partial charge in [-0.15, -0.1) is 22.7 Å². The number of imidazole rings is 2. The number of amides is 4. The molecule has 58 heavy (non-hydrogen) atoms. The second kappa shape index (κ2) is 17.1. The van der Waals surface area contributed by atoms with Gasteiger partial charge in [0.25, 0.3) is 11.8 Å². The maximum absolute atomic E-state index is 13.9. The van der Waals surface area contributed by atoms with Gasteiger partial charge in [0.2, 0.25) is 0 Å². The molecule has 4 amide bonds. The van der Waals surface area contributed by atoms with E-state index < -0.39 is 24.3 Å². The summed E-state index contributed by atoms with van der Waals surface area (Å²) in [6.45, 7) is 1.10. The minimum Gasteiger partial charge on any atom is -0.453 e. The van der Waals surface area contributed by atoms with E-state index in [0.29, 0.717) is 35.9 Å². The van der Waals surface area contributed by atoms with Crippen molar-refractivity contribution in [3.63, 3.8) is 0 Å². The van der Waals surface area contributed by atoms with Crippen LogP contribution in [-0.4, -0.2) is 81.0 Å². The Morgan fingerprint density at radius 3 is 1.41 bits per heavy atom. The molecule has 4 N–H and O–H groups in total. The second-order valence-electron chi connectivity index (χ2n) is 14.0. The molecule has 4 atom stereocenters. The van der Waals surface area contributed by atoms with Gasteiger partial charge in [-0.25, -0.2) is 19.6 Å². The first-order valence-corrected chi connectivity index (χ1v) is 20.6. The summed E-state index contributed by atoms with van der Waals surface area (Å²) >= 11 is 3.29. The molecule has 2 saturated heterocycles. The maximum Gasteiger partial charge on any atom is 0.407 e. The molecule has 0 unspecified atom stereocenters. The Kier molecular flexibility index (Phi) is 11.4. The second-order valence-corrected chi connectivity index (χ2v) is 16.2. The highest BCUT2D eigenvalue weighted by atomic mass is 32.1. The molecule has 4 aromatic heterocycles. The summed E-state index contributed by atoms with van der Waals surface area (Å²) in [6.07, 6.45) is 5.39. The van der Waals surface area contributed by atoms with Gasteiger partial charge in [-0.05, 0) is 61.1 Å². The van der Waals surface area contributed by atoms with Gasteiger partial charge in [0, 0.05) is 22.8 Å². The van der Waals surface area contributed by atoms with E-state index in [1.165, 1.54) is 14.2 Å². The fourth-order valence-corrected chi connectivity index (χ4v) is 9.71. The van der Waals surface area contributed by atoms with Gasteiger partial charge in [0.1, 0.15) is 23.7 Å². The summed E-state index contributed by atoms with van der Waals surface area (Å²) in [6, 6.07) is 24.4. The summed E-state index contributed by atoms with van der Waals surface area (Å²) in [5.74, 6) is 0.970. The number of ether oxygens (including phenoxy) is 2. The highest BCUT2D eigenvalue weighted by Gasteiger charge is 2.38. The third-order valence-electron chi connectivity index (χ3n) is 10.5. The number of benzene rings is 2. The molecule has 2 fully saturated rings. The number of aromatic amines is 2. The predicted molar refractivity (Wildman–Crippen MR) is 220 cm³/mol. The van der Waals surface area contributed by atoms with E-state index in [1.807, 2.05) is 73.1 Å². The topological polar surface area (TPSA) is 175 Å². The van der Waals surface area contributed by atoms with Gasteiger partial charge in [-0.3, -0.25) is 9.59 Å². The number of likely N-dealkylation sites (tertiary alicyclic amines) is 2. The standard InChI is InChI=1S/C42H42N8O6S2/c1-55-41(53)47-35(25-11-5-3-6-12-25)39(51)49-21-9-15-29(49)37-43-23-27(45-37)31-17-19-33(57-31)34-20-18-32(58-34)28-24-44-38(46-28)30-16-10-22-50(30)40(52)36(48-42(54)56-2)26-13-7-4-8-14-26/h3-8,11-14,17-20,23-24,29-30,35-36H,9-10,15-16,21-22H2,1-2H3,(H,43,45)(H,44,46)(H,47,53)(H,48,54)/t29-,30-,35+,36+/m0/s1. The van der Waals surface area contributed by atoms with Crippen LogP contribution in [-0.2, 0) is 19.1 Å². The average molecular weight is 819 g/mol. The highest BCUT2D eigenvalue weighted by molar-refractivity contribution is 7.25. The number of alkyl carbamates (subject to hydrolysis) is 2. The van der Waals surface area contributed by atoms with Crippen LogP contribution in [0.25, 0.3) is 30.9 Å². The minimum absolute atomic E-state index is 0.216. The van der Waals surface area contributed by atoms with Crippen LogP contribution in [0, 0.1) is 0 Å². The quantitative estimate of drug-likeness (QED) is 0.103. The summed E-state index contributed by atoms with van der Waals surface area (Å²) in [7, 11) is 2.56. The fourth-order valence-electron chi connectivity index (χ4n) is 7.67. The summed E-state index contributed by atoms with van der Waals surface area (Å²) in [5, 5.41) is 5.43. The van der Waals surface area contributed by atoms with Crippen molar-refractivity contribution in [3.8, 4) is 30.9 Å². The van der Waals surface area contributed by atoms with E-state index in [9.17, 15) is 19.2 Å². The van der Waals surface area contributed by atoms with E-state index in [-0.39, 0.29) is 23.9 Å². The Balaban J connectivity index is 0.952. The lowest BCUT2D eigenvalue weighted by Gasteiger charge is -2.28. The monoisotopic (exact) mass is 818 g/mol. The van der Waals surface area contributed by atoms with Crippen LogP contribution >= 0.6 is 22.7 Å². The van der Waals surface area contributed by atoms with Gasteiger partial charge in [-0.2, -0.15) is 0 Å². The summed E-state index contributed by atoms with van der Waals surface area (Å²) < 4.78 is 9.66.